The molecular weight excluding hydrogens is 360 g/mol. The fourth-order valence-corrected chi connectivity index (χ4v) is 3.23. The molecule has 1 aromatic heterocycles. The van der Waals surface area contributed by atoms with E-state index in [-0.39, 0.29) is 17.2 Å². The minimum absolute atomic E-state index is 0.163. The summed E-state index contributed by atoms with van der Waals surface area (Å²) in [6, 6.07) is 15.0. The first kappa shape index (κ1) is 18.8. The Hall–Kier alpha value is -2.93. The summed E-state index contributed by atoms with van der Waals surface area (Å²) in [6.07, 6.45) is 0. The third-order valence-electron chi connectivity index (χ3n) is 4.03. The van der Waals surface area contributed by atoms with E-state index in [4.69, 9.17) is 0 Å². The minimum Gasteiger partial charge on any atom is -0.325 e. The van der Waals surface area contributed by atoms with Crippen molar-refractivity contribution in [2.75, 3.05) is 5.32 Å². The van der Waals surface area contributed by atoms with Crippen molar-refractivity contribution >= 4 is 23.4 Å². The van der Waals surface area contributed by atoms with Crippen LogP contribution in [0.15, 0.2) is 58.5 Å². The smallest absolute Gasteiger partial charge is 0.278 e. The summed E-state index contributed by atoms with van der Waals surface area (Å²) < 4.78 is 0. The maximum atomic E-state index is 12.5. The van der Waals surface area contributed by atoms with Gasteiger partial charge < -0.3 is 5.32 Å². The summed E-state index contributed by atoms with van der Waals surface area (Å²) >= 11 is 1.16. The first-order chi connectivity index (χ1) is 12.9. The van der Waals surface area contributed by atoms with Crippen molar-refractivity contribution in [1.29, 1.82) is 0 Å². The van der Waals surface area contributed by atoms with Crippen LogP contribution in [0.5, 0.6) is 0 Å². The van der Waals surface area contributed by atoms with E-state index in [1.165, 1.54) is 0 Å². The van der Waals surface area contributed by atoms with Crippen LogP contribution in [0.3, 0.4) is 0 Å². The lowest BCUT2D eigenvalue weighted by molar-refractivity contribution is -0.115. The van der Waals surface area contributed by atoms with Crippen LogP contribution in [0.25, 0.3) is 11.3 Å². The molecule has 0 saturated heterocycles. The third-order valence-corrected chi connectivity index (χ3v) is 5.01. The summed E-state index contributed by atoms with van der Waals surface area (Å²) in [5, 5.41) is 10.9. The highest BCUT2D eigenvalue weighted by Gasteiger charge is 2.18. The molecule has 3 aromatic rings. The highest BCUT2D eigenvalue weighted by atomic mass is 32.2. The van der Waals surface area contributed by atoms with Gasteiger partial charge in [0, 0.05) is 11.3 Å². The van der Waals surface area contributed by atoms with E-state index >= 15 is 0 Å². The topological polar surface area (TPSA) is 87.7 Å². The molecule has 0 aliphatic carbocycles. The van der Waals surface area contributed by atoms with E-state index < -0.39 is 5.25 Å². The van der Waals surface area contributed by atoms with E-state index in [0.717, 1.165) is 28.6 Å². The molecule has 6 nitrogen and oxygen atoms in total. The lowest BCUT2D eigenvalue weighted by Crippen LogP contribution is -2.24. The molecule has 0 saturated carbocycles. The van der Waals surface area contributed by atoms with E-state index in [9.17, 15) is 9.59 Å². The van der Waals surface area contributed by atoms with E-state index in [2.05, 4.69) is 20.5 Å². The number of anilines is 1. The molecule has 0 radical (unpaired) electrons. The van der Waals surface area contributed by atoms with E-state index in [0.29, 0.717) is 10.7 Å². The summed E-state index contributed by atoms with van der Waals surface area (Å²) in [5.41, 5.74) is 3.47. The molecule has 138 valence electrons. The number of aromatic amines is 1. The number of nitrogens with zero attached hydrogens (tertiary/aromatic N) is 2. The number of thioether (sulfide) groups is 1. The van der Waals surface area contributed by atoms with E-state index in [1.54, 1.807) is 19.1 Å². The van der Waals surface area contributed by atoms with Gasteiger partial charge in [-0.3, -0.25) is 14.6 Å². The van der Waals surface area contributed by atoms with Crippen LogP contribution >= 0.6 is 11.8 Å². The Kier molecular flexibility index (Phi) is 5.71. The molecule has 3 rings (SSSR count). The summed E-state index contributed by atoms with van der Waals surface area (Å²) in [5.74, 6) is -0.163. The molecule has 0 aliphatic heterocycles. The Morgan fingerprint density at radius 3 is 2.56 bits per heavy atom. The molecule has 0 bridgehead atoms. The molecular formula is C20H20N4O2S. The molecule has 1 amide bonds. The summed E-state index contributed by atoms with van der Waals surface area (Å²) in [4.78, 5) is 27.5. The number of aromatic nitrogens is 3. The first-order valence-electron chi connectivity index (χ1n) is 8.51. The van der Waals surface area contributed by atoms with Gasteiger partial charge in [-0.25, -0.2) is 0 Å². The number of carbonyl (C=O) groups excluding carboxylic acids is 1. The van der Waals surface area contributed by atoms with Crippen LogP contribution in [0.4, 0.5) is 5.69 Å². The second-order valence-electron chi connectivity index (χ2n) is 6.24. The maximum absolute atomic E-state index is 12.5. The molecule has 1 unspecified atom stereocenters. The van der Waals surface area contributed by atoms with Gasteiger partial charge in [0.25, 0.3) is 5.56 Å². The highest BCUT2D eigenvalue weighted by molar-refractivity contribution is 8.00. The van der Waals surface area contributed by atoms with Gasteiger partial charge in [0.2, 0.25) is 5.91 Å². The lowest BCUT2D eigenvalue weighted by Gasteiger charge is -2.13. The fraction of sp³-hybridized carbons (Fsp3) is 0.200. The van der Waals surface area contributed by atoms with Crippen molar-refractivity contribution < 1.29 is 4.79 Å². The van der Waals surface area contributed by atoms with Gasteiger partial charge >= 0.3 is 0 Å². The Morgan fingerprint density at radius 1 is 1.11 bits per heavy atom. The van der Waals surface area contributed by atoms with Crippen molar-refractivity contribution in [2.24, 2.45) is 0 Å². The zero-order valence-corrected chi connectivity index (χ0v) is 16.1. The molecule has 1 heterocycles. The maximum Gasteiger partial charge on any atom is 0.278 e. The van der Waals surface area contributed by atoms with Crippen LogP contribution < -0.4 is 10.9 Å². The van der Waals surface area contributed by atoms with Gasteiger partial charge in [-0.15, -0.1) is 10.2 Å². The van der Waals surface area contributed by atoms with E-state index in [1.807, 2.05) is 50.2 Å². The zero-order valence-electron chi connectivity index (χ0n) is 15.3. The van der Waals surface area contributed by atoms with Crippen molar-refractivity contribution in [3.05, 3.63) is 70.0 Å². The number of benzene rings is 2. The quantitative estimate of drug-likeness (QED) is 0.661. The molecule has 0 spiro atoms. The molecule has 0 fully saturated rings. The van der Waals surface area contributed by atoms with Gasteiger partial charge in [-0.1, -0.05) is 54.2 Å². The van der Waals surface area contributed by atoms with Crippen molar-refractivity contribution in [3.63, 3.8) is 0 Å². The second kappa shape index (κ2) is 8.18. The highest BCUT2D eigenvalue weighted by Crippen LogP contribution is 2.22. The van der Waals surface area contributed by atoms with Crippen LogP contribution in [0, 0.1) is 13.8 Å². The standard InChI is InChI=1S/C20H20N4O2S/c1-12-9-10-13(2)16(11-12)21-18(25)14(3)27-20-22-19(26)17(23-24-20)15-7-5-4-6-8-15/h4-11,14H,1-3H3,(H,21,25)(H,22,24,26). The van der Waals surface area contributed by atoms with Crippen molar-refractivity contribution in [2.45, 2.75) is 31.2 Å². The number of H-pyrrole nitrogens is 1. The van der Waals surface area contributed by atoms with Gasteiger partial charge in [-0.2, -0.15) is 0 Å². The Labute approximate surface area is 161 Å². The van der Waals surface area contributed by atoms with Gasteiger partial charge in [-0.05, 0) is 38.0 Å². The Balaban J connectivity index is 1.71. The van der Waals surface area contributed by atoms with Crippen LogP contribution in [0.1, 0.15) is 18.1 Å². The van der Waals surface area contributed by atoms with Crippen LogP contribution in [-0.4, -0.2) is 26.3 Å². The second-order valence-corrected chi connectivity index (χ2v) is 7.57. The monoisotopic (exact) mass is 380 g/mol. The summed E-state index contributed by atoms with van der Waals surface area (Å²) in [7, 11) is 0. The SMILES string of the molecule is Cc1ccc(C)c(NC(=O)C(C)Sc2nnc(-c3ccccc3)c(=O)[nH]2)c1. The normalized spacial score (nSPS) is 11.8. The number of carbonyl (C=O) groups is 1. The number of rotatable bonds is 5. The number of hydrogen-bond donors (Lipinski definition) is 2. The minimum atomic E-state index is -0.447. The molecule has 1 atom stereocenters. The number of aryl methyl sites for hydroxylation is 2. The number of amides is 1. The molecule has 0 aliphatic rings. The van der Waals surface area contributed by atoms with Gasteiger partial charge in [0.1, 0.15) is 0 Å². The average molecular weight is 380 g/mol. The molecule has 2 aromatic carbocycles. The Bertz CT molecular complexity index is 1020. The predicted octanol–water partition coefficient (Wildman–Crippen LogP) is 3.57. The van der Waals surface area contributed by atoms with Crippen LogP contribution in [-0.2, 0) is 4.79 Å². The third kappa shape index (κ3) is 4.62. The van der Waals surface area contributed by atoms with Gasteiger partial charge in [0.15, 0.2) is 10.9 Å². The molecule has 2 N–H and O–H groups in total. The molecule has 27 heavy (non-hydrogen) atoms. The largest absolute Gasteiger partial charge is 0.325 e. The predicted molar refractivity (Wildman–Crippen MR) is 108 cm³/mol. The lowest BCUT2D eigenvalue weighted by atomic mass is 10.1. The number of nitrogens with one attached hydrogen (secondary N) is 2. The molecule has 7 heteroatoms. The number of hydrogen-bond acceptors (Lipinski definition) is 5. The Morgan fingerprint density at radius 2 is 1.85 bits per heavy atom. The van der Waals surface area contributed by atoms with Crippen molar-refractivity contribution in [1.82, 2.24) is 15.2 Å². The fourth-order valence-electron chi connectivity index (χ4n) is 2.49. The van der Waals surface area contributed by atoms with Crippen LogP contribution in [0.2, 0.25) is 0 Å². The van der Waals surface area contributed by atoms with Crippen molar-refractivity contribution in [3.8, 4) is 11.3 Å². The average Bonchev–Trinajstić information content (AvgIpc) is 2.65. The zero-order chi connectivity index (χ0) is 19.4. The van der Waals surface area contributed by atoms with Gasteiger partial charge in [0.05, 0.1) is 5.25 Å². The first-order valence-corrected chi connectivity index (χ1v) is 9.39. The summed E-state index contributed by atoms with van der Waals surface area (Å²) in [6.45, 7) is 5.68.